The van der Waals surface area contributed by atoms with Crippen LogP contribution < -0.4 is 10.1 Å². The summed E-state index contributed by atoms with van der Waals surface area (Å²) in [6.45, 7) is 4.49. The Balaban J connectivity index is 2.31. The Morgan fingerprint density at radius 2 is 2.20 bits per heavy atom. The second-order valence-corrected chi connectivity index (χ2v) is 4.41. The second-order valence-electron chi connectivity index (χ2n) is 4.41. The van der Waals surface area contributed by atoms with E-state index in [1.54, 1.807) is 6.08 Å². The highest BCUT2D eigenvalue weighted by molar-refractivity contribution is 5.66. The van der Waals surface area contributed by atoms with Crippen molar-refractivity contribution in [1.82, 2.24) is 5.32 Å². The summed E-state index contributed by atoms with van der Waals surface area (Å²) in [5, 5.41) is 21.1. The molecule has 0 aliphatic rings. The maximum atomic E-state index is 10.3. The van der Waals surface area contributed by atoms with Gasteiger partial charge < -0.3 is 20.3 Å². The van der Waals surface area contributed by atoms with Crippen LogP contribution in [0.4, 0.5) is 0 Å². The zero-order valence-corrected chi connectivity index (χ0v) is 11.4. The Kier molecular flexibility index (Phi) is 7.39. The van der Waals surface area contributed by atoms with E-state index < -0.39 is 12.1 Å². The van der Waals surface area contributed by atoms with Gasteiger partial charge in [-0.2, -0.15) is 0 Å². The van der Waals surface area contributed by atoms with Crippen LogP contribution in [-0.4, -0.2) is 42.0 Å². The molecule has 1 unspecified atom stereocenters. The molecule has 0 amide bonds. The van der Waals surface area contributed by atoms with Crippen LogP contribution in [-0.2, 0) is 11.2 Å². The van der Waals surface area contributed by atoms with Gasteiger partial charge in [-0.15, -0.1) is 6.58 Å². The third-order valence-corrected chi connectivity index (χ3v) is 2.66. The molecule has 1 aromatic rings. The van der Waals surface area contributed by atoms with E-state index in [-0.39, 0.29) is 13.0 Å². The number of nitrogens with one attached hydrogen (secondary N) is 1. The first-order chi connectivity index (χ1) is 9.63. The van der Waals surface area contributed by atoms with E-state index in [0.717, 1.165) is 11.3 Å². The van der Waals surface area contributed by atoms with Crippen LogP contribution in [0.1, 0.15) is 12.0 Å². The number of para-hydroxylation sites is 1. The highest BCUT2D eigenvalue weighted by atomic mass is 16.5. The molecule has 110 valence electrons. The molecular weight excluding hydrogens is 258 g/mol. The summed E-state index contributed by atoms with van der Waals surface area (Å²) in [5.41, 5.74) is 1.02. The number of ether oxygens (including phenoxy) is 1. The van der Waals surface area contributed by atoms with Gasteiger partial charge in [-0.05, 0) is 18.1 Å². The Bertz CT molecular complexity index is 434. The molecule has 0 heterocycles. The minimum absolute atomic E-state index is 0.0374. The first kappa shape index (κ1) is 16.2. The second kappa shape index (κ2) is 9.12. The molecule has 0 aliphatic carbocycles. The van der Waals surface area contributed by atoms with E-state index in [9.17, 15) is 9.90 Å². The Hall–Kier alpha value is -1.85. The van der Waals surface area contributed by atoms with Crippen molar-refractivity contribution in [3.63, 3.8) is 0 Å². The molecule has 0 saturated carbocycles. The van der Waals surface area contributed by atoms with Crippen LogP contribution in [0.5, 0.6) is 5.75 Å². The van der Waals surface area contributed by atoms with E-state index in [1.807, 2.05) is 24.3 Å². The van der Waals surface area contributed by atoms with Crippen molar-refractivity contribution in [2.45, 2.75) is 18.9 Å². The third kappa shape index (κ3) is 6.36. The van der Waals surface area contributed by atoms with Crippen molar-refractivity contribution in [2.24, 2.45) is 0 Å². The van der Waals surface area contributed by atoms with E-state index in [1.165, 1.54) is 0 Å². The van der Waals surface area contributed by atoms with Crippen molar-refractivity contribution in [1.29, 1.82) is 0 Å². The summed E-state index contributed by atoms with van der Waals surface area (Å²) >= 11 is 0. The molecule has 1 aromatic carbocycles. The van der Waals surface area contributed by atoms with Crippen LogP contribution in [0, 0.1) is 0 Å². The van der Waals surface area contributed by atoms with Crippen molar-refractivity contribution in [3.05, 3.63) is 42.5 Å². The molecule has 0 aromatic heterocycles. The van der Waals surface area contributed by atoms with Gasteiger partial charge >= 0.3 is 5.97 Å². The lowest BCUT2D eigenvalue weighted by Crippen LogP contribution is -2.32. The van der Waals surface area contributed by atoms with Gasteiger partial charge in [0.15, 0.2) is 0 Å². The molecule has 0 fully saturated rings. The number of carbonyl (C=O) groups is 1. The fourth-order valence-electron chi connectivity index (χ4n) is 1.68. The Morgan fingerprint density at radius 1 is 1.45 bits per heavy atom. The minimum Gasteiger partial charge on any atom is -0.491 e. The highest BCUT2D eigenvalue weighted by Crippen LogP contribution is 2.18. The number of carboxylic acids is 1. The third-order valence-electron chi connectivity index (χ3n) is 2.66. The summed E-state index contributed by atoms with van der Waals surface area (Å²) in [6.07, 6.45) is 1.87. The summed E-state index contributed by atoms with van der Waals surface area (Å²) in [4.78, 5) is 10.3. The number of aliphatic hydroxyl groups excluding tert-OH is 1. The number of benzene rings is 1. The van der Waals surface area contributed by atoms with Crippen LogP contribution in [0.25, 0.3) is 0 Å². The van der Waals surface area contributed by atoms with Gasteiger partial charge in [0, 0.05) is 13.1 Å². The van der Waals surface area contributed by atoms with Gasteiger partial charge in [0.2, 0.25) is 0 Å². The number of allylic oxidation sites excluding steroid dienone is 1. The summed E-state index contributed by atoms with van der Waals surface area (Å²) in [7, 11) is 0. The van der Waals surface area contributed by atoms with Crippen LogP contribution in [0.15, 0.2) is 36.9 Å². The number of carboxylic acid groups (broad SMARTS) is 1. The molecule has 5 nitrogen and oxygen atoms in total. The smallest absolute Gasteiger partial charge is 0.304 e. The number of hydrogen-bond acceptors (Lipinski definition) is 4. The molecule has 5 heteroatoms. The van der Waals surface area contributed by atoms with Crippen molar-refractivity contribution < 1.29 is 19.7 Å². The van der Waals surface area contributed by atoms with E-state index in [0.29, 0.717) is 19.5 Å². The summed E-state index contributed by atoms with van der Waals surface area (Å²) in [6, 6.07) is 7.60. The lowest BCUT2D eigenvalue weighted by Gasteiger charge is -2.15. The largest absolute Gasteiger partial charge is 0.491 e. The van der Waals surface area contributed by atoms with E-state index in [4.69, 9.17) is 9.84 Å². The van der Waals surface area contributed by atoms with Crippen molar-refractivity contribution in [3.8, 4) is 5.75 Å². The first-order valence-corrected chi connectivity index (χ1v) is 6.55. The lowest BCUT2D eigenvalue weighted by molar-refractivity contribution is -0.136. The Labute approximate surface area is 118 Å². The summed E-state index contributed by atoms with van der Waals surface area (Å²) in [5.74, 6) is -0.126. The molecule has 20 heavy (non-hydrogen) atoms. The van der Waals surface area contributed by atoms with Crippen molar-refractivity contribution >= 4 is 5.97 Å². The fourth-order valence-corrected chi connectivity index (χ4v) is 1.68. The molecule has 1 atom stereocenters. The predicted molar refractivity (Wildman–Crippen MR) is 77.0 cm³/mol. The number of aliphatic hydroxyl groups is 1. The van der Waals surface area contributed by atoms with Gasteiger partial charge in [-0.1, -0.05) is 24.3 Å². The minimum atomic E-state index is -0.860. The quantitative estimate of drug-likeness (QED) is 0.443. The van der Waals surface area contributed by atoms with Gasteiger partial charge in [0.1, 0.15) is 18.5 Å². The number of rotatable bonds is 10. The molecule has 0 aliphatic heterocycles. The average molecular weight is 279 g/mol. The highest BCUT2D eigenvalue weighted by Gasteiger charge is 2.07. The molecule has 0 saturated heterocycles. The van der Waals surface area contributed by atoms with Crippen molar-refractivity contribution in [2.75, 3.05) is 19.7 Å². The van der Waals surface area contributed by atoms with Gasteiger partial charge in [-0.25, -0.2) is 0 Å². The lowest BCUT2D eigenvalue weighted by atomic mass is 10.1. The van der Waals surface area contributed by atoms with Gasteiger partial charge in [0.05, 0.1) is 6.42 Å². The molecule has 3 N–H and O–H groups in total. The van der Waals surface area contributed by atoms with Gasteiger partial charge in [-0.3, -0.25) is 4.79 Å². The van der Waals surface area contributed by atoms with Crippen LogP contribution >= 0.6 is 0 Å². The zero-order chi connectivity index (χ0) is 14.8. The molecule has 1 rings (SSSR count). The zero-order valence-electron chi connectivity index (χ0n) is 11.4. The molecule has 0 spiro atoms. The summed E-state index contributed by atoms with van der Waals surface area (Å²) < 4.78 is 5.58. The monoisotopic (exact) mass is 279 g/mol. The molecule has 0 bridgehead atoms. The maximum Gasteiger partial charge on any atom is 0.304 e. The topological polar surface area (TPSA) is 78.8 Å². The number of hydrogen-bond donors (Lipinski definition) is 3. The van der Waals surface area contributed by atoms with Crippen LogP contribution in [0.3, 0.4) is 0 Å². The standard InChI is InChI=1S/C15H21NO4/c1-2-5-12-6-3-4-7-14(12)20-11-13(17)10-16-9-8-15(18)19/h2-4,6-7,13,16-17H,1,5,8-11H2,(H,18,19). The van der Waals surface area contributed by atoms with Gasteiger partial charge in [0.25, 0.3) is 0 Å². The van der Waals surface area contributed by atoms with E-state index >= 15 is 0 Å². The molecular formula is C15H21NO4. The normalized spacial score (nSPS) is 11.8. The molecule has 0 radical (unpaired) electrons. The number of aliphatic carboxylic acids is 1. The fraction of sp³-hybridized carbons (Fsp3) is 0.400. The Morgan fingerprint density at radius 3 is 2.90 bits per heavy atom. The average Bonchev–Trinajstić information content (AvgIpc) is 2.43. The predicted octanol–water partition coefficient (Wildman–Crippen LogP) is 1.22. The first-order valence-electron chi connectivity index (χ1n) is 6.55. The maximum absolute atomic E-state index is 10.3. The van der Waals surface area contributed by atoms with E-state index in [2.05, 4.69) is 11.9 Å². The van der Waals surface area contributed by atoms with Crippen LogP contribution in [0.2, 0.25) is 0 Å². The SMILES string of the molecule is C=CCc1ccccc1OCC(O)CNCCC(=O)O.